The fourth-order valence-electron chi connectivity index (χ4n) is 3.35. The number of piperazine rings is 1. The number of hydrogen-bond acceptors (Lipinski definition) is 2. The van der Waals surface area contributed by atoms with Gasteiger partial charge in [0.1, 0.15) is 0 Å². The van der Waals surface area contributed by atoms with Crippen LogP contribution in [0.3, 0.4) is 0 Å². The number of hydrogen-bond donors (Lipinski definition) is 1. The Hall–Kier alpha value is -0.0800. The molecule has 1 rings (SSSR count). The predicted octanol–water partition coefficient (Wildman–Crippen LogP) is 3.91. The first kappa shape index (κ1) is 17.0. The summed E-state index contributed by atoms with van der Waals surface area (Å²) in [5, 5.41) is 3.80. The third kappa shape index (κ3) is 4.75. The maximum atomic E-state index is 3.80. The Morgan fingerprint density at radius 3 is 2.42 bits per heavy atom. The van der Waals surface area contributed by atoms with Gasteiger partial charge in [0.25, 0.3) is 0 Å². The zero-order valence-corrected chi connectivity index (χ0v) is 14.3. The van der Waals surface area contributed by atoms with Gasteiger partial charge < -0.3 is 5.32 Å². The van der Waals surface area contributed by atoms with Crippen LogP contribution in [0.5, 0.6) is 0 Å². The van der Waals surface area contributed by atoms with Gasteiger partial charge in [0.2, 0.25) is 0 Å². The van der Waals surface area contributed by atoms with Gasteiger partial charge in [0.15, 0.2) is 0 Å². The average Bonchev–Trinajstić information content (AvgIpc) is 2.27. The highest BCUT2D eigenvalue weighted by atomic mass is 15.3. The molecule has 3 atom stereocenters. The first-order chi connectivity index (χ1) is 8.72. The second-order valence-corrected chi connectivity index (χ2v) is 8.00. The van der Waals surface area contributed by atoms with Crippen LogP contribution < -0.4 is 5.32 Å². The lowest BCUT2D eigenvalue weighted by Gasteiger charge is -2.51. The SMILES string of the molecule is CCCC(C)CN1CC(C)(CC)NCC1C(C)(C)C. The van der Waals surface area contributed by atoms with Crippen molar-refractivity contribution in [2.24, 2.45) is 11.3 Å². The molecule has 1 aliphatic rings. The molecule has 0 radical (unpaired) electrons. The molecular weight excluding hydrogens is 232 g/mol. The van der Waals surface area contributed by atoms with Crippen LogP contribution in [0.2, 0.25) is 0 Å². The van der Waals surface area contributed by atoms with Gasteiger partial charge in [-0.2, -0.15) is 0 Å². The standard InChI is InChI=1S/C17H36N2/c1-8-10-14(3)12-19-13-17(7,9-2)18-11-15(19)16(4,5)6/h14-15,18H,8-13H2,1-7H3. The Morgan fingerprint density at radius 2 is 1.95 bits per heavy atom. The van der Waals surface area contributed by atoms with Gasteiger partial charge in [-0.05, 0) is 31.1 Å². The highest BCUT2D eigenvalue weighted by molar-refractivity contribution is 4.98. The Balaban J connectivity index is 2.77. The van der Waals surface area contributed by atoms with Gasteiger partial charge in [-0.1, -0.05) is 48.0 Å². The summed E-state index contributed by atoms with van der Waals surface area (Å²) in [6.45, 7) is 20.1. The molecule has 1 heterocycles. The fraction of sp³-hybridized carbons (Fsp3) is 1.00. The Labute approximate surface area is 121 Å². The lowest BCUT2D eigenvalue weighted by molar-refractivity contribution is 0.0164. The van der Waals surface area contributed by atoms with Gasteiger partial charge in [-0.15, -0.1) is 0 Å². The van der Waals surface area contributed by atoms with Crippen LogP contribution in [0.15, 0.2) is 0 Å². The summed E-state index contributed by atoms with van der Waals surface area (Å²) in [4.78, 5) is 2.76. The molecule has 1 fully saturated rings. The third-order valence-corrected chi connectivity index (χ3v) is 4.82. The Morgan fingerprint density at radius 1 is 1.32 bits per heavy atom. The Bertz CT molecular complexity index is 269. The average molecular weight is 268 g/mol. The van der Waals surface area contributed by atoms with Crippen LogP contribution in [0.4, 0.5) is 0 Å². The second-order valence-electron chi connectivity index (χ2n) is 8.00. The van der Waals surface area contributed by atoms with Crippen LogP contribution >= 0.6 is 0 Å². The molecule has 114 valence electrons. The zero-order valence-electron chi connectivity index (χ0n) is 14.3. The lowest BCUT2D eigenvalue weighted by atomic mass is 9.81. The molecule has 1 aliphatic heterocycles. The van der Waals surface area contributed by atoms with Crippen molar-refractivity contribution in [3.8, 4) is 0 Å². The minimum Gasteiger partial charge on any atom is -0.309 e. The molecule has 0 aliphatic carbocycles. The molecular formula is C17H36N2. The molecule has 0 bridgehead atoms. The summed E-state index contributed by atoms with van der Waals surface area (Å²) < 4.78 is 0. The quantitative estimate of drug-likeness (QED) is 0.813. The van der Waals surface area contributed by atoms with Gasteiger partial charge in [-0.3, -0.25) is 4.90 Å². The monoisotopic (exact) mass is 268 g/mol. The summed E-state index contributed by atoms with van der Waals surface area (Å²) in [7, 11) is 0. The first-order valence-electron chi connectivity index (χ1n) is 8.21. The molecule has 0 aromatic rings. The van der Waals surface area contributed by atoms with E-state index in [2.05, 4.69) is 58.7 Å². The molecule has 2 heteroatoms. The van der Waals surface area contributed by atoms with Crippen LogP contribution in [0.1, 0.15) is 67.7 Å². The van der Waals surface area contributed by atoms with E-state index < -0.39 is 0 Å². The van der Waals surface area contributed by atoms with Gasteiger partial charge in [0.05, 0.1) is 0 Å². The van der Waals surface area contributed by atoms with Crippen molar-refractivity contribution in [2.75, 3.05) is 19.6 Å². The maximum Gasteiger partial charge on any atom is 0.0278 e. The molecule has 0 aromatic carbocycles. The third-order valence-electron chi connectivity index (χ3n) is 4.82. The smallest absolute Gasteiger partial charge is 0.0278 e. The minimum atomic E-state index is 0.299. The molecule has 0 saturated carbocycles. The van der Waals surface area contributed by atoms with E-state index in [4.69, 9.17) is 0 Å². The molecule has 0 amide bonds. The first-order valence-corrected chi connectivity index (χ1v) is 8.21. The van der Waals surface area contributed by atoms with E-state index in [1.54, 1.807) is 0 Å². The van der Waals surface area contributed by atoms with Crippen molar-refractivity contribution < 1.29 is 0 Å². The largest absolute Gasteiger partial charge is 0.309 e. The molecule has 1 N–H and O–H groups in total. The van der Waals surface area contributed by atoms with E-state index in [0.717, 1.165) is 12.5 Å². The van der Waals surface area contributed by atoms with Crippen molar-refractivity contribution in [1.29, 1.82) is 0 Å². The molecule has 0 spiro atoms. The summed E-state index contributed by atoms with van der Waals surface area (Å²) >= 11 is 0. The number of rotatable bonds is 5. The molecule has 19 heavy (non-hydrogen) atoms. The van der Waals surface area contributed by atoms with Crippen LogP contribution in [0.25, 0.3) is 0 Å². The zero-order chi connectivity index (χ0) is 14.7. The van der Waals surface area contributed by atoms with Crippen molar-refractivity contribution in [3.63, 3.8) is 0 Å². The summed E-state index contributed by atoms with van der Waals surface area (Å²) in [5.41, 5.74) is 0.654. The summed E-state index contributed by atoms with van der Waals surface area (Å²) in [6, 6.07) is 0.659. The molecule has 3 unspecified atom stereocenters. The van der Waals surface area contributed by atoms with Crippen molar-refractivity contribution >= 4 is 0 Å². The van der Waals surface area contributed by atoms with Crippen LogP contribution in [-0.2, 0) is 0 Å². The number of nitrogens with zero attached hydrogens (tertiary/aromatic N) is 1. The normalized spacial score (nSPS) is 31.4. The lowest BCUT2D eigenvalue weighted by Crippen LogP contribution is -2.66. The molecule has 2 nitrogen and oxygen atoms in total. The van der Waals surface area contributed by atoms with Crippen molar-refractivity contribution in [3.05, 3.63) is 0 Å². The van der Waals surface area contributed by atoms with E-state index in [9.17, 15) is 0 Å². The summed E-state index contributed by atoms with van der Waals surface area (Å²) in [5.74, 6) is 0.814. The van der Waals surface area contributed by atoms with Crippen LogP contribution in [-0.4, -0.2) is 36.1 Å². The van der Waals surface area contributed by atoms with E-state index in [1.807, 2.05) is 0 Å². The highest BCUT2D eigenvalue weighted by Crippen LogP contribution is 2.30. The molecule has 1 saturated heterocycles. The predicted molar refractivity (Wildman–Crippen MR) is 85.6 cm³/mol. The number of nitrogens with one attached hydrogen (secondary N) is 1. The van der Waals surface area contributed by atoms with E-state index in [-0.39, 0.29) is 0 Å². The van der Waals surface area contributed by atoms with Gasteiger partial charge in [0, 0.05) is 31.2 Å². The van der Waals surface area contributed by atoms with Gasteiger partial charge in [-0.25, -0.2) is 0 Å². The van der Waals surface area contributed by atoms with Crippen molar-refractivity contribution in [1.82, 2.24) is 10.2 Å². The Kier molecular flexibility index (Phi) is 5.88. The van der Waals surface area contributed by atoms with E-state index in [1.165, 1.54) is 32.4 Å². The van der Waals surface area contributed by atoms with Gasteiger partial charge >= 0.3 is 0 Å². The van der Waals surface area contributed by atoms with E-state index in [0.29, 0.717) is 17.0 Å². The topological polar surface area (TPSA) is 15.3 Å². The van der Waals surface area contributed by atoms with E-state index >= 15 is 0 Å². The highest BCUT2D eigenvalue weighted by Gasteiger charge is 2.39. The maximum absolute atomic E-state index is 3.80. The van der Waals surface area contributed by atoms with Crippen LogP contribution in [0, 0.1) is 11.3 Å². The second kappa shape index (κ2) is 6.58. The van der Waals surface area contributed by atoms with Crippen molar-refractivity contribution in [2.45, 2.75) is 79.3 Å². The minimum absolute atomic E-state index is 0.299. The summed E-state index contributed by atoms with van der Waals surface area (Å²) in [6.07, 6.45) is 3.87. The fourth-order valence-corrected chi connectivity index (χ4v) is 3.35. The molecule has 0 aromatic heterocycles.